The first-order chi connectivity index (χ1) is 11.0. The van der Waals surface area contributed by atoms with Crippen molar-refractivity contribution in [1.82, 2.24) is 15.0 Å². The Labute approximate surface area is 144 Å². The fraction of sp³-hybridized carbons (Fsp3) is 0.462. The van der Waals surface area contributed by atoms with Gasteiger partial charge in [0.2, 0.25) is 5.28 Å². The summed E-state index contributed by atoms with van der Waals surface area (Å²) >= 11 is 17.7. The van der Waals surface area contributed by atoms with Crippen LogP contribution >= 0.6 is 34.8 Å². The number of hydrogen-bond donors (Lipinski definition) is 0. The van der Waals surface area contributed by atoms with Gasteiger partial charge in [0.15, 0.2) is 11.0 Å². The molecule has 1 saturated heterocycles. The fourth-order valence-corrected chi connectivity index (χ4v) is 3.60. The lowest BCUT2D eigenvalue weighted by Crippen LogP contribution is -2.31. The summed E-state index contributed by atoms with van der Waals surface area (Å²) in [5.41, 5.74) is -0.136. The highest BCUT2D eigenvalue weighted by Gasteiger charge is 2.56. The molecule has 1 saturated carbocycles. The largest absolute Gasteiger partial charge is 0.379 e. The summed E-state index contributed by atoms with van der Waals surface area (Å²) in [7, 11) is 0. The number of ether oxygens (including phenoxy) is 1. The molecule has 0 radical (unpaired) electrons. The maximum Gasteiger partial charge on any atom is 0.225 e. The maximum absolute atomic E-state index is 14.3. The summed E-state index contributed by atoms with van der Waals surface area (Å²) in [6.07, 6.45) is -1.04. The van der Waals surface area contributed by atoms with Gasteiger partial charge in [0.1, 0.15) is 22.7 Å². The van der Waals surface area contributed by atoms with Crippen LogP contribution in [0.4, 0.5) is 14.6 Å². The predicted molar refractivity (Wildman–Crippen MR) is 82.7 cm³/mol. The van der Waals surface area contributed by atoms with Gasteiger partial charge in [-0.2, -0.15) is 4.98 Å². The molecule has 2 aromatic rings. The van der Waals surface area contributed by atoms with E-state index in [4.69, 9.17) is 39.5 Å². The average Bonchev–Trinajstić information content (AvgIpc) is 3.19. The van der Waals surface area contributed by atoms with Crippen molar-refractivity contribution in [3.63, 3.8) is 0 Å². The third kappa shape index (κ3) is 2.41. The Morgan fingerprint density at radius 2 is 1.91 bits per heavy atom. The zero-order valence-corrected chi connectivity index (χ0v) is 13.7. The summed E-state index contributed by atoms with van der Waals surface area (Å²) < 4.78 is 33.6. The van der Waals surface area contributed by atoms with E-state index in [1.54, 1.807) is 4.90 Å². The molecule has 1 aliphatic carbocycles. The molecule has 0 amide bonds. The first-order valence-electron chi connectivity index (χ1n) is 6.85. The molecule has 0 spiro atoms. The fourth-order valence-electron chi connectivity index (χ4n) is 2.95. The molecule has 4 rings (SSSR count). The molecule has 1 unspecified atom stereocenters. The highest BCUT2D eigenvalue weighted by atomic mass is 35.5. The lowest BCUT2D eigenvalue weighted by Gasteiger charge is -2.24. The van der Waals surface area contributed by atoms with E-state index in [1.807, 2.05) is 0 Å². The van der Waals surface area contributed by atoms with Crippen LogP contribution in [0.3, 0.4) is 0 Å². The molecule has 10 heteroatoms. The van der Waals surface area contributed by atoms with Crippen LogP contribution in [0.5, 0.6) is 0 Å². The van der Waals surface area contributed by atoms with Crippen molar-refractivity contribution in [2.45, 2.75) is 12.2 Å². The van der Waals surface area contributed by atoms with Crippen LogP contribution in [-0.4, -0.2) is 46.9 Å². The molecule has 5 nitrogen and oxygen atoms in total. The Hall–Kier alpha value is -1.02. The highest BCUT2D eigenvalue weighted by molar-refractivity contribution is 6.37. The Morgan fingerprint density at radius 3 is 2.70 bits per heavy atom. The average molecular weight is 382 g/mol. The SMILES string of the molecule is Fc1c(Cl)nc(Cl)c2c(N3CCOCC4[C@H](F)[C@H]43)nc(Cl)nc12. The third-order valence-corrected chi connectivity index (χ3v) is 4.80. The van der Waals surface area contributed by atoms with Gasteiger partial charge in [-0.1, -0.05) is 23.2 Å². The molecule has 0 bridgehead atoms. The number of aromatic nitrogens is 3. The second-order valence-electron chi connectivity index (χ2n) is 5.41. The van der Waals surface area contributed by atoms with Crippen LogP contribution in [0, 0.1) is 11.7 Å². The van der Waals surface area contributed by atoms with Crippen molar-refractivity contribution in [1.29, 1.82) is 0 Å². The first kappa shape index (κ1) is 15.5. The van der Waals surface area contributed by atoms with Crippen LogP contribution in [0.25, 0.3) is 10.9 Å². The lowest BCUT2D eigenvalue weighted by molar-refractivity contribution is 0.131. The Bertz CT molecular complexity index is 809. The molecule has 0 N–H and O–H groups in total. The van der Waals surface area contributed by atoms with Gasteiger partial charge in [0.05, 0.1) is 24.6 Å². The van der Waals surface area contributed by atoms with Crippen molar-refractivity contribution in [2.24, 2.45) is 5.92 Å². The minimum atomic E-state index is -1.04. The van der Waals surface area contributed by atoms with Gasteiger partial charge in [-0.15, -0.1) is 0 Å². The van der Waals surface area contributed by atoms with Crippen molar-refractivity contribution in [2.75, 3.05) is 24.7 Å². The Morgan fingerprint density at radius 1 is 1.13 bits per heavy atom. The van der Waals surface area contributed by atoms with Gasteiger partial charge < -0.3 is 9.64 Å². The van der Waals surface area contributed by atoms with E-state index in [-0.39, 0.29) is 33.1 Å². The number of hydrogen-bond acceptors (Lipinski definition) is 5. The number of alkyl halides is 1. The van der Waals surface area contributed by atoms with Crippen molar-refractivity contribution >= 4 is 51.5 Å². The number of halogens is 5. The van der Waals surface area contributed by atoms with E-state index in [0.717, 1.165) is 0 Å². The Kier molecular flexibility index (Phi) is 3.72. The van der Waals surface area contributed by atoms with E-state index in [1.165, 1.54) is 0 Å². The normalized spacial score (nSPS) is 27.0. The van der Waals surface area contributed by atoms with E-state index in [0.29, 0.717) is 19.8 Å². The molecule has 0 aromatic carbocycles. The summed E-state index contributed by atoms with van der Waals surface area (Å²) in [6, 6.07) is -0.401. The topological polar surface area (TPSA) is 51.1 Å². The maximum atomic E-state index is 14.3. The van der Waals surface area contributed by atoms with Gasteiger partial charge in [0, 0.05) is 12.5 Å². The van der Waals surface area contributed by atoms with Crippen LogP contribution in [-0.2, 0) is 4.74 Å². The summed E-state index contributed by atoms with van der Waals surface area (Å²) in [6.45, 7) is 1.11. The summed E-state index contributed by atoms with van der Waals surface area (Å²) in [4.78, 5) is 13.4. The molecular weight excluding hydrogens is 373 g/mol. The Balaban J connectivity index is 1.94. The van der Waals surface area contributed by atoms with Crippen molar-refractivity contribution in [3.05, 3.63) is 21.4 Å². The molecule has 2 fully saturated rings. The monoisotopic (exact) mass is 380 g/mol. The van der Waals surface area contributed by atoms with Crippen LogP contribution in [0.1, 0.15) is 0 Å². The van der Waals surface area contributed by atoms with Gasteiger partial charge >= 0.3 is 0 Å². The van der Waals surface area contributed by atoms with Gasteiger partial charge in [-0.3, -0.25) is 0 Å². The molecule has 3 atom stereocenters. The molecule has 2 aromatic heterocycles. The zero-order chi connectivity index (χ0) is 16.3. The number of anilines is 1. The summed E-state index contributed by atoms with van der Waals surface area (Å²) in [5, 5.41) is -0.480. The third-order valence-electron chi connectivity index (χ3n) is 4.11. The van der Waals surface area contributed by atoms with E-state index >= 15 is 0 Å². The van der Waals surface area contributed by atoms with Gasteiger partial charge in [-0.25, -0.2) is 18.7 Å². The molecular formula is C13H9Cl3F2N4O. The van der Waals surface area contributed by atoms with E-state index in [9.17, 15) is 8.78 Å². The number of rotatable bonds is 1. The van der Waals surface area contributed by atoms with Gasteiger partial charge in [0.25, 0.3) is 0 Å². The second-order valence-corrected chi connectivity index (χ2v) is 6.47. The molecule has 3 heterocycles. The van der Waals surface area contributed by atoms with Crippen LogP contribution < -0.4 is 4.90 Å². The smallest absolute Gasteiger partial charge is 0.225 e. The van der Waals surface area contributed by atoms with Crippen molar-refractivity contribution < 1.29 is 13.5 Å². The highest BCUT2D eigenvalue weighted by Crippen LogP contribution is 2.45. The lowest BCUT2D eigenvalue weighted by atomic mass is 10.2. The number of pyridine rings is 1. The van der Waals surface area contributed by atoms with Crippen molar-refractivity contribution in [3.8, 4) is 0 Å². The van der Waals surface area contributed by atoms with E-state index in [2.05, 4.69) is 15.0 Å². The summed E-state index contributed by atoms with van der Waals surface area (Å²) in [5.74, 6) is -0.842. The van der Waals surface area contributed by atoms with Crippen LogP contribution in [0.15, 0.2) is 0 Å². The molecule has 2 aliphatic rings. The standard InChI is InChI=1S/C13H9Cl3F2N4O/c14-10-5-8(7(18)11(15)20-10)19-13(16)21-12(5)22-1-2-23-3-4-6(17)9(4)22/h4,6,9H,1-3H2/t4?,6-,9-/m0/s1. The predicted octanol–water partition coefficient (Wildman–Crippen LogP) is 3.30. The first-order valence-corrected chi connectivity index (χ1v) is 7.98. The second kappa shape index (κ2) is 5.51. The number of nitrogens with zero attached hydrogens (tertiary/aromatic N) is 4. The molecule has 23 heavy (non-hydrogen) atoms. The minimum absolute atomic E-state index is 0.0594. The van der Waals surface area contributed by atoms with Gasteiger partial charge in [-0.05, 0) is 11.6 Å². The zero-order valence-electron chi connectivity index (χ0n) is 11.4. The quantitative estimate of drug-likeness (QED) is 0.560. The minimum Gasteiger partial charge on any atom is -0.379 e. The number of fused-ring (bicyclic) bond motifs is 2. The molecule has 122 valence electrons. The molecule has 1 aliphatic heterocycles. The van der Waals surface area contributed by atoms with Crippen LogP contribution in [0.2, 0.25) is 15.6 Å². The van der Waals surface area contributed by atoms with E-state index < -0.39 is 23.2 Å².